The molecule has 2 fully saturated rings. The zero-order valence-corrected chi connectivity index (χ0v) is 20.5. The zero-order chi connectivity index (χ0) is 23.5. The van der Waals surface area contributed by atoms with Crippen molar-refractivity contribution in [2.75, 3.05) is 32.7 Å². The van der Waals surface area contributed by atoms with E-state index in [0.717, 1.165) is 31.1 Å². The summed E-state index contributed by atoms with van der Waals surface area (Å²) in [4.78, 5) is 13.2. The van der Waals surface area contributed by atoms with E-state index >= 15 is 0 Å². The van der Waals surface area contributed by atoms with Crippen LogP contribution in [0.3, 0.4) is 0 Å². The Morgan fingerprint density at radius 1 is 1.00 bits per heavy atom. The highest BCUT2D eigenvalue weighted by Gasteiger charge is 2.29. The molecule has 0 saturated carbocycles. The molecule has 0 radical (unpaired) electrons. The molecule has 0 bridgehead atoms. The number of piperidine rings is 1. The van der Waals surface area contributed by atoms with Crippen LogP contribution < -0.4 is 0 Å². The summed E-state index contributed by atoms with van der Waals surface area (Å²) in [5.41, 5.74) is 5.41. The van der Waals surface area contributed by atoms with E-state index in [9.17, 15) is 0 Å². The maximum absolute atomic E-state index is 4.28. The maximum Gasteiger partial charge on any atom is 0.137 e. The van der Waals surface area contributed by atoms with E-state index < -0.39 is 0 Å². The van der Waals surface area contributed by atoms with E-state index in [4.69, 9.17) is 0 Å². The lowest BCUT2D eigenvalue weighted by Crippen LogP contribution is -2.38. The van der Waals surface area contributed by atoms with Gasteiger partial charge in [-0.25, -0.2) is 4.98 Å². The van der Waals surface area contributed by atoms with Gasteiger partial charge < -0.3 is 9.88 Å². The number of fused-ring (bicyclic) bond motifs is 1. The molecule has 2 saturated heterocycles. The highest BCUT2D eigenvalue weighted by atomic mass is 15.2. The topological polar surface area (TPSA) is 63.8 Å². The lowest BCUT2D eigenvalue weighted by Gasteiger charge is -2.37. The average molecular weight is 469 g/mol. The third-order valence-electron chi connectivity index (χ3n) is 8.03. The number of hydrogen-bond acceptors (Lipinski definition) is 4. The van der Waals surface area contributed by atoms with Crippen LogP contribution in [0.25, 0.3) is 10.9 Å². The normalized spacial score (nSPS) is 21.7. The van der Waals surface area contributed by atoms with Crippen molar-refractivity contribution < 1.29 is 0 Å². The zero-order valence-electron chi connectivity index (χ0n) is 20.5. The lowest BCUT2D eigenvalue weighted by atomic mass is 9.94. The van der Waals surface area contributed by atoms with Gasteiger partial charge in [0.2, 0.25) is 0 Å². The summed E-state index contributed by atoms with van der Waals surface area (Å²) in [5, 5.41) is 8.29. The molecule has 6 nitrogen and oxygen atoms in total. The molecule has 2 aliphatic rings. The minimum Gasteiger partial charge on any atom is -0.361 e. The number of hydrogen-bond donors (Lipinski definition) is 2. The Balaban J connectivity index is 1.05. The number of H-pyrrole nitrogens is 2. The summed E-state index contributed by atoms with van der Waals surface area (Å²) in [6.45, 7) is 6.10. The van der Waals surface area contributed by atoms with Gasteiger partial charge in [0, 0.05) is 49.2 Å². The van der Waals surface area contributed by atoms with Crippen LogP contribution in [0.1, 0.15) is 54.2 Å². The first-order valence-corrected chi connectivity index (χ1v) is 13.3. The van der Waals surface area contributed by atoms with Crippen LogP contribution in [0.2, 0.25) is 0 Å². The fraction of sp³-hybridized carbons (Fsp3) is 0.448. The Morgan fingerprint density at radius 2 is 1.94 bits per heavy atom. The first-order valence-electron chi connectivity index (χ1n) is 13.3. The van der Waals surface area contributed by atoms with Crippen molar-refractivity contribution in [2.24, 2.45) is 5.92 Å². The summed E-state index contributed by atoms with van der Waals surface area (Å²) >= 11 is 0. The van der Waals surface area contributed by atoms with E-state index in [0.29, 0.717) is 6.04 Å². The summed E-state index contributed by atoms with van der Waals surface area (Å²) in [7, 11) is 0. The van der Waals surface area contributed by atoms with E-state index in [2.05, 4.69) is 84.7 Å². The van der Waals surface area contributed by atoms with E-state index in [1.54, 1.807) is 6.33 Å². The van der Waals surface area contributed by atoms with Gasteiger partial charge in [-0.2, -0.15) is 5.10 Å². The monoisotopic (exact) mass is 468 g/mol. The Morgan fingerprint density at radius 3 is 2.83 bits per heavy atom. The van der Waals surface area contributed by atoms with Crippen LogP contribution in [0, 0.1) is 5.92 Å². The van der Waals surface area contributed by atoms with Crippen LogP contribution in [0.15, 0.2) is 61.1 Å². The predicted octanol–water partition coefficient (Wildman–Crippen LogP) is 4.97. The fourth-order valence-corrected chi connectivity index (χ4v) is 6.19. The van der Waals surface area contributed by atoms with Crippen molar-refractivity contribution >= 4 is 10.9 Å². The summed E-state index contributed by atoms with van der Waals surface area (Å²) in [5.74, 6) is 1.70. The molecule has 6 heteroatoms. The van der Waals surface area contributed by atoms with Crippen LogP contribution in [-0.2, 0) is 12.8 Å². The second-order valence-electron chi connectivity index (χ2n) is 10.4. The van der Waals surface area contributed by atoms with E-state index in [1.165, 1.54) is 79.5 Å². The Kier molecular flexibility index (Phi) is 6.65. The number of nitrogens with zero attached hydrogens (tertiary/aromatic N) is 4. The number of aromatic amines is 2. The molecule has 4 heterocycles. The number of likely N-dealkylation sites (tertiary alicyclic amines) is 2. The molecule has 0 amide bonds. The Bertz CT molecular complexity index is 1210. The minimum absolute atomic E-state index is 0.608. The van der Waals surface area contributed by atoms with E-state index in [-0.39, 0.29) is 0 Å². The molecule has 2 aliphatic heterocycles. The van der Waals surface area contributed by atoms with Gasteiger partial charge >= 0.3 is 0 Å². The first kappa shape index (κ1) is 22.5. The smallest absolute Gasteiger partial charge is 0.137 e. The quantitative estimate of drug-likeness (QED) is 0.383. The van der Waals surface area contributed by atoms with Crippen molar-refractivity contribution in [3.8, 4) is 0 Å². The molecule has 182 valence electrons. The number of nitrogens with one attached hydrogen (secondary N) is 2. The van der Waals surface area contributed by atoms with Crippen LogP contribution in [0.4, 0.5) is 0 Å². The predicted molar refractivity (Wildman–Crippen MR) is 140 cm³/mol. The number of rotatable bonds is 8. The van der Waals surface area contributed by atoms with Crippen molar-refractivity contribution in [2.45, 2.75) is 44.6 Å². The van der Waals surface area contributed by atoms with Crippen molar-refractivity contribution in [3.63, 3.8) is 0 Å². The SMILES string of the molecule is c1ccc([C@H]2CCCCN2C[C@@H]2CCN(CCc3c[nH]c4ccc(Cc5ncn[nH]5)cc34)C2)cc1. The summed E-state index contributed by atoms with van der Waals surface area (Å²) < 4.78 is 0. The van der Waals surface area contributed by atoms with Gasteiger partial charge in [0.05, 0.1) is 0 Å². The molecule has 0 unspecified atom stereocenters. The van der Waals surface area contributed by atoms with Crippen molar-refractivity contribution in [1.29, 1.82) is 0 Å². The minimum atomic E-state index is 0.608. The molecule has 0 spiro atoms. The molecule has 6 rings (SSSR count). The van der Waals surface area contributed by atoms with Gasteiger partial charge in [-0.05, 0) is 73.5 Å². The fourth-order valence-electron chi connectivity index (χ4n) is 6.19. The van der Waals surface area contributed by atoms with Gasteiger partial charge in [0.1, 0.15) is 12.2 Å². The highest BCUT2D eigenvalue weighted by Crippen LogP contribution is 2.32. The molecule has 2 N–H and O–H groups in total. The summed E-state index contributed by atoms with van der Waals surface area (Å²) in [6, 6.07) is 18.5. The summed E-state index contributed by atoms with van der Waals surface area (Å²) in [6.07, 6.45) is 11.0. The first-order chi connectivity index (χ1) is 17.3. The van der Waals surface area contributed by atoms with Gasteiger partial charge in [-0.1, -0.05) is 42.8 Å². The molecular weight excluding hydrogens is 432 g/mol. The molecule has 0 aliphatic carbocycles. The van der Waals surface area contributed by atoms with Crippen molar-refractivity contribution in [3.05, 3.63) is 83.6 Å². The third kappa shape index (κ3) is 5.19. The van der Waals surface area contributed by atoms with Crippen molar-refractivity contribution in [1.82, 2.24) is 30.0 Å². The molecule has 2 aromatic carbocycles. The number of aromatic nitrogens is 4. The standard InChI is InChI=1S/C29H36N6/c1-2-6-24(7-3-1)28-8-4-5-13-35(28)20-23-11-14-34(19-23)15-12-25-18-30-27-10-9-22(16-26(25)27)17-29-31-21-32-33-29/h1-3,6-7,9-10,16,18,21,23,28,30H,4-5,8,11-15,17,19-20H2,(H,31,32,33)/t23-,28-/m1/s1. The highest BCUT2D eigenvalue weighted by molar-refractivity contribution is 5.84. The van der Waals surface area contributed by atoms with E-state index in [1.807, 2.05) is 0 Å². The molecular formula is C29H36N6. The van der Waals surface area contributed by atoms with Gasteiger partial charge in [0.25, 0.3) is 0 Å². The van der Waals surface area contributed by atoms with Gasteiger partial charge in [-0.15, -0.1) is 0 Å². The van der Waals surface area contributed by atoms with Gasteiger partial charge in [-0.3, -0.25) is 10.00 Å². The third-order valence-corrected chi connectivity index (χ3v) is 8.03. The molecule has 35 heavy (non-hydrogen) atoms. The average Bonchev–Trinajstić information content (AvgIpc) is 3.66. The van der Waals surface area contributed by atoms with Crippen LogP contribution in [0.5, 0.6) is 0 Å². The Labute approximate surface area is 207 Å². The maximum atomic E-state index is 4.28. The van der Waals surface area contributed by atoms with Crippen LogP contribution >= 0.6 is 0 Å². The second kappa shape index (κ2) is 10.3. The Hall–Kier alpha value is -2.96. The second-order valence-corrected chi connectivity index (χ2v) is 10.4. The lowest BCUT2D eigenvalue weighted by molar-refractivity contribution is 0.125. The molecule has 2 atom stereocenters. The van der Waals surface area contributed by atoms with Gasteiger partial charge in [0.15, 0.2) is 0 Å². The largest absolute Gasteiger partial charge is 0.361 e. The van der Waals surface area contributed by atoms with Crippen LogP contribution in [-0.4, -0.2) is 62.7 Å². The molecule has 2 aromatic heterocycles. The molecule has 4 aromatic rings. The number of benzene rings is 2.